The van der Waals surface area contributed by atoms with Crippen LogP contribution in [0.25, 0.3) is 0 Å². The zero-order valence-electron chi connectivity index (χ0n) is 15.0. The number of hydrogen-bond acceptors (Lipinski definition) is 5. The Morgan fingerprint density at radius 2 is 1.96 bits per heavy atom. The quantitative estimate of drug-likeness (QED) is 0.788. The van der Waals surface area contributed by atoms with Crippen LogP contribution >= 0.6 is 11.8 Å². The Kier molecular flexibility index (Phi) is 5.52. The molecule has 0 bridgehead atoms. The molecule has 1 unspecified atom stereocenters. The fraction of sp³-hybridized carbons (Fsp3) is 0.500. The van der Waals surface area contributed by atoms with Crippen molar-refractivity contribution in [3.05, 3.63) is 24.3 Å². The number of hydrogen-bond donors (Lipinski definition) is 1. The molecular weight excluding hydrogens is 354 g/mol. The molecule has 8 heteroatoms. The molecule has 0 aromatic heterocycles. The first-order valence-corrected chi connectivity index (χ1v) is 9.53. The highest BCUT2D eigenvalue weighted by Gasteiger charge is 2.48. The zero-order chi connectivity index (χ0) is 18.7. The Morgan fingerprint density at radius 3 is 2.65 bits per heavy atom. The van der Waals surface area contributed by atoms with Crippen LogP contribution in [0.5, 0.6) is 0 Å². The molecule has 3 amide bonds. The maximum absolute atomic E-state index is 13.0. The highest BCUT2D eigenvalue weighted by Crippen LogP contribution is 2.45. The fourth-order valence-electron chi connectivity index (χ4n) is 3.10. The Hall–Kier alpha value is -2.06. The zero-order valence-corrected chi connectivity index (χ0v) is 15.8. The van der Waals surface area contributed by atoms with Gasteiger partial charge in [0.1, 0.15) is 0 Å². The molecule has 26 heavy (non-hydrogen) atoms. The number of rotatable bonds is 4. The van der Waals surface area contributed by atoms with Gasteiger partial charge in [-0.1, -0.05) is 23.9 Å². The number of anilines is 1. The van der Waals surface area contributed by atoms with E-state index in [0.717, 1.165) is 10.6 Å². The normalized spacial score (nSPS) is 22.8. The minimum Gasteiger partial charge on any atom is -0.378 e. The number of carbonyl (C=O) groups excluding carboxylic acids is 3. The van der Waals surface area contributed by atoms with Gasteiger partial charge in [-0.25, -0.2) is 0 Å². The molecule has 1 saturated heterocycles. The fourth-order valence-corrected chi connectivity index (χ4v) is 4.34. The van der Waals surface area contributed by atoms with E-state index >= 15 is 0 Å². The van der Waals surface area contributed by atoms with Crippen molar-refractivity contribution in [3.63, 3.8) is 0 Å². The number of para-hydroxylation sites is 1. The van der Waals surface area contributed by atoms with Crippen LogP contribution in [0.3, 0.4) is 0 Å². The van der Waals surface area contributed by atoms with Crippen molar-refractivity contribution in [2.24, 2.45) is 0 Å². The first-order valence-electron chi connectivity index (χ1n) is 8.71. The summed E-state index contributed by atoms with van der Waals surface area (Å²) in [4.78, 5) is 42.2. The van der Waals surface area contributed by atoms with Gasteiger partial charge in [-0.2, -0.15) is 0 Å². The Balaban J connectivity index is 1.71. The SMILES string of the molecule is CCN1C(=O)C(C)(C(=O)NCC(=O)N2CCOCC2)Sc2ccccc21. The van der Waals surface area contributed by atoms with Crippen LogP contribution in [0.1, 0.15) is 13.8 Å². The number of nitrogens with zero attached hydrogens (tertiary/aromatic N) is 2. The van der Waals surface area contributed by atoms with Gasteiger partial charge in [0.15, 0.2) is 4.75 Å². The molecular formula is C18H23N3O4S. The molecule has 1 fully saturated rings. The van der Waals surface area contributed by atoms with E-state index in [9.17, 15) is 14.4 Å². The Morgan fingerprint density at radius 1 is 1.27 bits per heavy atom. The lowest BCUT2D eigenvalue weighted by molar-refractivity contribution is -0.138. The standard InChI is InChI=1S/C18H23N3O4S/c1-3-21-13-6-4-5-7-14(13)26-18(2,17(21)24)16(23)19-12-15(22)20-8-10-25-11-9-20/h4-7H,3,8-12H2,1-2H3,(H,19,23). The van der Waals surface area contributed by atoms with Gasteiger partial charge in [-0.15, -0.1) is 0 Å². The summed E-state index contributed by atoms with van der Waals surface area (Å²) in [5, 5.41) is 2.66. The lowest BCUT2D eigenvalue weighted by Crippen LogP contribution is -2.57. The van der Waals surface area contributed by atoms with Crippen LogP contribution in [0, 0.1) is 0 Å². The maximum atomic E-state index is 13.0. The molecule has 140 valence electrons. The van der Waals surface area contributed by atoms with Crippen molar-refractivity contribution < 1.29 is 19.1 Å². The number of nitrogens with one attached hydrogen (secondary N) is 1. The summed E-state index contributed by atoms with van der Waals surface area (Å²) in [5.74, 6) is -0.867. The number of benzene rings is 1. The van der Waals surface area contributed by atoms with Gasteiger partial charge in [0, 0.05) is 24.5 Å². The topological polar surface area (TPSA) is 79.0 Å². The third kappa shape index (κ3) is 3.43. The summed E-state index contributed by atoms with van der Waals surface area (Å²) in [6.07, 6.45) is 0. The number of morpholine rings is 1. The number of ether oxygens (including phenoxy) is 1. The van der Waals surface area contributed by atoms with Gasteiger partial charge in [-0.05, 0) is 26.0 Å². The van der Waals surface area contributed by atoms with Crippen molar-refractivity contribution in [3.8, 4) is 0 Å². The summed E-state index contributed by atoms with van der Waals surface area (Å²) < 4.78 is 3.93. The highest BCUT2D eigenvalue weighted by atomic mass is 32.2. The molecule has 0 saturated carbocycles. The van der Waals surface area contributed by atoms with Gasteiger partial charge >= 0.3 is 0 Å². The van der Waals surface area contributed by atoms with E-state index in [2.05, 4.69) is 5.32 Å². The maximum Gasteiger partial charge on any atom is 0.252 e. The first-order chi connectivity index (χ1) is 12.5. The number of amides is 3. The summed E-state index contributed by atoms with van der Waals surface area (Å²) in [7, 11) is 0. The van der Waals surface area contributed by atoms with Crippen LogP contribution in [0.4, 0.5) is 5.69 Å². The van der Waals surface area contributed by atoms with Crippen molar-refractivity contribution >= 4 is 35.2 Å². The van der Waals surface area contributed by atoms with E-state index in [1.807, 2.05) is 31.2 Å². The van der Waals surface area contributed by atoms with E-state index in [4.69, 9.17) is 4.74 Å². The highest BCUT2D eigenvalue weighted by molar-refractivity contribution is 8.02. The predicted molar refractivity (Wildman–Crippen MR) is 99.1 cm³/mol. The van der Waals surface area contributed by atoms with Crippen molar-refractivity contribution in [2.45, 2.75) is 23.5 Å². The van der Waals surface area contributed by atoms with Gasteiger partial charge < -0.3 is 19.9 Å². The first kappa shape index (κ1) is 18.7. The Labute approximate surface area is 157 Å². The van der Waals surface area contributed by atoms with Crippen molar-refractivity contribution in [1.29, 1.82) is 0 Å². The third-order valence-corrected chi connectivity index (χ3v) is 5.97. The monoisotopic (exact) mass is 377 g/mol. The third-order valence-electron chi connectivity index (χ3n) is 4.64. The number of carbonyl (C=O) groups is 3. The largest absolute Gasteiger partial charge is 0.378 e. The number of fused-ring (bicyclic) bond motifs is 1. The smallest absolute Gasteiger partial charge is 0.252 e. The van der Waals surface area contributed by atoms with Crippen molar-refractivity contribution in [1.82, 2.24) is 10.2 Å². The molecule has 2 aliphatic rings. The molecule has 1 N–H and O–H groups in total. The summed E-state index contributed by atoms with van der Waals surface area (Å²) in [5.41, 5.74) is 0.819. The summed E-state index contributed by atoms with van der Waals surface area (Å²) >= 11 is 1.23. The van der Waals surface area contributed by atoms with Crippen LogP contribution in [-0.2, 0) is 19.1 Å². The van der Waals surface area contributed by atoms with E-state index in [1.54, 1.807) is 16.7 Å². The molecule has 2 aliphatic heterocycles. The van der Waals surface area contributed by atoms with Gasteiger partial charge in [0.2, 0.25) is 11.8 Å². The van der Waals surface area contributed by atoms with Gasteiger partial charge in [-0.3, -0.25) is 14.4 Å². The lowest BCUT2D eigenvalue weighted by Gasteiger charge is -2.38. The Bertz CT molecular complexity index is 720. The number of thioether (sulfide) groups is 1. The lowest BCUT2D eigenvalue weighted by atomic mass is 10.1. The van der Waals surface area contributed by atoms with Crippen LogP contribution in [-0.4, -0.2) is 66.8 Å². The van der Waals surface area contributed by atoms with E-state index in [0.29, 0.717) is 32.8 Å². The van der Waals surface area contributed by atoms with Gasteiger partial charge in [0.25, 0.3) is 5.91 Å². The molecule has 1 aromatic carbocycles. The van der Waals surface area contributed by atoms with Crippen LogP contribution in [0.15, 0.2) is 29.2 Å². The molecule has 0 aliphatic carbocycles. The van der Waals surface area contributed by atoms with Crippen LogP contribution in [0.2, 0.25) is 0 Å². The molecule has 7 nitrogen and oxygen atoms in total. The summed E-state index contributed by atoms with van der Waals surface area (Å²) in [6, 6.07) is 7.54. The average Bonchev–Trinajstić information content (AvgIpc) is 2.67. The molecule has 2 heterocycles. The van der Waals surface area contributed by atoms with E-state index < -0.39 is 10.7 Å². The van der Waals surface area contributed by atoms with E-state index in [-0.39, 0.29) is 18.4 Å². The van der Waals surface area contributed by atoms with Crippen LogP contribution < -0.4 is 10.2 Å². The minimum atomic E-state index is -1.30. The molecule has 1 atom stereocenters. The van der Waals surface area contributed by atoms with E-state index in [1.165, 1.54) is 11.8 Å². The second kappa shape index (κ2) is 7.67. The van der Waals surface area contributed by atoms with Crippen molar-refractivity contribution in [2.75, 3.05) is 44.3 Å². The van der Waals surface area contributed by atoms with Gasteiger partial charge in [0.05, 0.1) is 25.4 Å². The molecule has 0 spiro atoms. The predicted octanol–water partition coefficient (Wildman–Crippen LogP) is 0.879. The minimum absolute atomic E-state index is 0.115. The average molecular weight is 377 g/mol. The molecule has 1 aromatic rings. The second-order valence-corrected chi connectivity index (χ2v) is 7.79. The molecule has 3 rings (SSSR count). The molecule has 0 radical (unpaired) electrons. The second-order valence-electron chi connectivity index (χ2n) is 6.33. The summed E-state index contributed by atoms with van der Waals surface area (Å²) in [6.45, 7) is 5.93.